The molecule has 0 N–H and O–H groups in total. The van der Waals surface area contributed by atoms with Crippen LogP contribution in [0.3, 0.4) is 0 Å². The summed E-state index contributed by atoms with van der Waals surface area (Å²) in [6, 6.07) is 1.59. The largest absolute Gasteiger partial charge is 0.210 e. The third-order valence-corrected chi connectivity index (χ3v) is 0.985. The van der Waals surface area contributed by atoms with E-state index in [0.29, 0.717) is 0 Å². The van der Waals surface area contributed by atoms with Gasteiger partial charge in [-0.1, -0.05) is 0 Å². The lowest BCUT2D eigenvalue weighted by molar-refractivity contribution is 0.913. The zero-order valence-electron chi connectivity index (χ0n) is 4.68. The summed E-state index contributed by atoms with van der Waals surface area (Å²) in [5.74, 6) is 4.45. The van der Waals surface area contributed by atoms with Gasteiger partial charge in [-0.2, -0.15) is 5.26 Å². The Morgan fingerprint density at radius 3 is 2.67 bits per heavy atom. The second-order valence-corrected chi connectivity index (χ2v) is 3.51. The Bertz CT molecular complexity index is 205. The van der Waals surface area contributed by atoms with E-state index in [9.17, 15) is 4.91 Å². The highest BCUT2D eigenvalue weighted by molar-refractivity contribution is 14.1. The van der Waals surface area contributed by atoms with Crippen molar-refractivity contribution in [1.82, 2.24) is 0 Å². The number of nitroso groups, excluding NO2 is 1. The molecule has 0 aromatic heterocycles. The number of hydrogen-bond donors (Lipinski definition) is 0. The van der Waals surface area contributed by atoms with Crippen LogP contribution in [0.25, 0.3) is 0 Å². The van der Waals surface area contributed by atoms with Gasteiger partial charge in [-0.15, -0.1) is 4.91 Å². The summed E-state index contributed by atoms with van der Waals surface area (Å²) in [7, 11) is 0. The zero-order chi connectivity index (χ0) is 7.33. The summed E-state index contributed by atoms with van der Waals surface area (Å²) in [4.78, 5) is 9.86. The minimum absolute atomic E-state index is 0.951. The SMILES string of the molecule is CC(I)(C#CC#N)N=O. The van der Waals surface area contributed by atoms with E-state index >= 15 is 0 Å². The molecule has 0 spiro atoms. The van der Waals surface area contributed by atoms with Gasteiger partial charge >= 0.3 is 0 Å². The van der Waals surface area contributed by atoms with Crippen LogP contribution in [0.2, 0.25) is 0 Å². The Morgan fingerprint density at radius 1 is 1.78 bits per heavy atom. The topological polar surface area (TPSA) is 53.2 Å². The van der Waals surface area contributed by atoms with E-state index in [0.717, 1.165) is 0 Å². The predicted molar refractivity (Wildman–Crippen MR) is 41.6 cm³/mol. The summed E-state index contributed by atoms with van der Waals surface area (Å²) in [5.41, 5.74) is 0. The molecular weight excluding hydrogens is 231 g/mol. The monoisotopic (exact) mass is 234 g/mol. The number of rotatable bonds is 1. The van der Waals surface area contributed by atoms with Crippen molar-refractivity contribution < 1.29 is 0 Å². The van der Waals surface area contributed by atoms with Gasteiger partial charge in [0.05, 0.1) is 0 Å². The third kappa shape index (κ3) is 3.92. The van der Waals surface area contributed by atoms with Gasteiger partial charge in [-0.3, -0.25) is 0 Å². The molecule has 0 aromatic rings. The van der Waals surface area contributed by atoms with E-state index in [1.165, 1.54) is 6.92 Å². The molecule has 3 nitrogen and oxygen atoms in total. The van der Waals surface area contributed by atoms with E-state index < -0.39 is 3.55 Å². The van der Waals surface area contributed by atoms with Gasteiger partial charge < -0.3 is 0 Å². The fourth-order valence-corrected chi connectivity index (χ4v) is 0.300. The van der Waals surface area contributed by atoms with Crippen LogP contribution in [0.5, 0.6) is 0 Å². The molecule has 0 fully saturated rings. The van der Waals surface area contributed by atoms with Crippen molar-refractivity contribution in [2.75, 3.05) is 0 Å². The first kappa shape index (κ1) is 8.38. The van der Waals surface area contributed by atoms with E-state index in [2.05, 4.69) is 17.0 Å². The maximum Gasteiger partial charge on any atom is 0.210 e. The Hall–Kier alpha value is -0.620. The van der Waals surface area contributed by atoms with E-state index in [4.69, 9.17) is 5.26 Å². The summed E-state index contributed by atoms with van der Waals surface area (Å²) < 4.78 is -0.951. The normalized spacial score (nSPS) is 13.9. The average Bonchev–Trinajstić information content (AvgIpc) is 1.84. The van der Waals surface area contributed by atoms with Gasteiger partial charge in [0.1, 0.15) is 0 Å². The van der Waals surface area contributed by atoms with Crippen molar-refractivity contribution in [2.24, 2.45) is 5.18 Å². The van der Waals surface area contributed by atoms with Crippen molar-refractivity contribution in [2.45, 2.75) is 10.5 Å². The van der Waals surface area contributed by atoms with Crippen LogP contribution in [-0.2, 0) is 0 Å². The Morgan fingerprint density at radius 2 is 2.33 bits per heavy atom. The van der Waals surface area contributed by atoms with E-state index in [1.54, 1.807) is 28.7 Å². The van der Waals surface area contributed by atoms with Crippen LogP contribution in [0.15, 0.2) is 5.18 Å². The third-order valence-electron chi connectivity index (χ3n) is 0.518. The summed E-state index contributed by atoms with van der Waals surface area (Å²) >= 11 is 1.76. The highest BCUT2D eigenvalue weighted by Crippen LogP contribution is 2.16. The molecule has 0 saturated heterocycles. The van der Waals surface area contributed by atoms with Crippen molar-refractivity contribution in [3.63, 3.8) is 0 Å². The van der Waals surface area contributed by atoms with Crippen molar-refractivity contribution in [3.8, 4) is 17.9 Å². The molecule has 46 valence electrons. The average molecular weight is 234 g/mol. The predicted octanol–water partition coefficient (Wildman–Crippen LogP) is 1.43. The van der Waals surface area contributed by atoms with Crippen LogP contribution >= 0.6 is 22.6 Å². The molecule has 0 aliphatic heterocycles. The van der Waals surface area contributed by atoms with Gasteiger partial charge in [-0.05, 0) is 40.6 Å². The molecule has 4 heteroatoms. The minimum atomic E-state index is -0.951. The summed E-state index contributed by atoms with van der Waals surface area (Å²) in [5, 5.41) is 10.6. The van der Waals surface area contributed by atoms with Crippen LogP contribution < -0.4 is 0 Å². The maximum atomic E-state index is 9.86. The molecule has 1 atom stereocenters. The van der Waals surface area contributed by atoms with Crippen LogP contribution in [0.1, 0.15) is 6.92 Å². The summed E-state index contributed by atoms with van der Waals surface area (Å²) in [6.45, 7) is 1.53. The molecule has 0 bridgehead atoms. The Balaban J connectivity index is 4.22. The molecule has 0 saturated carbocycles. The van der Waals surface area contributed by atoms with E-state index in [-0.39, 0.29) is 0 Å². The molecule has 9 heavy (non-hydrogen) atoms. The zero-order valence-corrected chi connectivity index (χ0v) is 6.84. The smallest absolute Gasteiger partial charge is 0.183 e. The molecular formula is C5H3IN2O. The maximum absolute atomic E-state index is 9.86. The quantitative estimate of drug-likeness (QED) is 0.226. The molecule has 0 aliphatic rings. The number of nitrogens with zero attached hydrogens (tertiary/aromatic N) is 2. The molecule has 0 radical (unpaired) electrons. The summed E-state index contributed by atoms with van der Waals surface area (Å²) in [6.07, 6.45) is 0. The molecule has 0 amide bonds. The standard InChI is InChI=1S/C5H3IN2O/c1-5(6,8-9)3-2-4-7/h1H3. The number of nitriles is 1. The van der Waals surface area contributed by atoms with E-state index in [1.807, 2.05) is 0 Å². The second-order valence-electron chi connectivity index (χ2n) is 1.41. The van der Waals surface area contributed by atoms with Crippen molar-refractivity contribution in [3.05, 3.63) is 4.91 Å². The van der Waals surface area contributed by atoms with Crippen LogP contribution in [0, 0.1) is 28.1 Å². The second kappa shape index (κ2) is 3.41. The lowest BCUT2D eigenvalue weighted by Crippen LogP contribution is -2.05. The number of alkyl halides is 1. The fourth-order valence-electron chi connectivity index (χ4n) is 0.165. The first-order valence-corrected chi connectivity index (χ1v) is 3.15. The Kier molecular flexibility index (Phi) is 3.18. The van der Waals surface area contributed by atoms with Gasteiger partial charge in [0.2, 0.25) is 3.55 Å². The lowest BCUT2D eigenvalue weighted by atomic mass is 10.4. The van der Waals surface area contributed by atoms with Gasteiger partial charge in [0, 0.05) is 5.92 Å². The molecule has 0 rings (SSSR count). The number of hydrogen-bond acceptors (Lipinski definition) is 3. The van der Waals surface area contributed by atoms with Crippen molar-refractivity contribution >= 4 is 22.6 Å². The molecule has 0 heterocycles. The molecule has 0 aromatic carbocycles. The highest BCUT2D eigenvalue weighted by atomic mass is 127. The lowest BCUT2D eigenvalue weighted by Gasteiger charge is -1.99. The first-order chi connectivity index (χ1) is 4.12. The van der Waals surface area contributed by atoms with Gasteiger partial charge in [-0.25, -0.2) is 0 Å². The first-order valence-electron chi connectivity index (χ1n) is 2.07. The Labute approximate surface area is 66.5 Å². The number of halogens is 1. The van der Waals surface area contributed by atoms with Crippen LogP contribution in [0.4, 0.5) is 0 Å². The van der Waals surface area contributed by atoms with Crippen molar-refractivity contribution in [1.29, 1.82) is 5.26 Å². The molecule has 1 unspecified atom stereocenters. The highest BCUT2D eigenvalue weighted by Gasteiger charge is 2.15. The van der Waals surface area contributed by atoms with Gasteiger partial charge in [0.25, 0.3) is 0 Å². The minimum Gasteiger partial charge on any atom is -0.183 e. The van der Waals surface area contributed by atoms with Crippen LogP contribution in [-0.4, -0.2) is 3.55 Å². The molecule has 0 aliphatic carbocycles. The van der Waals surface area contributed by atoms with Gasteiger partial charge in [0.15, 0.2) is 6.07 Å². The fraction of sp³-hybridized carbons (Fsp3) is 0.400.